The van der Waals surface area contributed by atoms with E-state index in [9.17, 15) is 31.1 Å². The van der Waals surface area contributed by atoms with Gasteiger partial charge in [0.1, 0.15) is 11.5 Å². The molecule has 0 radical (unpaired) electrons. The standard InChI is InChI=1S/C15H18F6N2O3.ClH/c1-9(22-2)6-23-13(24)11-5-10(25-7-14(16,17)18)3-4-12(11)26-8-15(19,20)21;/h3-5,9,22H,6-8H2,1-2H3,(H,23,24);1H. The van der Waals surface area contributed by atoms with Gasteiger partial charge in [-0.05, 0) is 32.2 Å². The van der Waals surface area contributed by atoms with Crippen molar-refractivity contribution in [2.24, 2.45) is 0 Å². The lowest BCUT2D eigenvalue weighted by Gasteiger charge is -2.16. The zero-order valence-corrected chi connectivity index (χ0v) is 15.1. The molecule has 2 N–H and O–H groups in total. The van der Waals surface area contributed by atoms with Crippen molar-refractivity contribution < 1.29 is 40.6 Å². The minimum Gasteiger partial charge on any atom is -0.484 e. The Labute approximate surface area is 157 Å². The molecule has 0 aliphatic rings. The van der Waals surface area contributed by atoms with Gasteiger partial charge in [-0.2, -0.15) is 26.3 Å². The quantitative estimate of drug-likeness (QED) is 0.629. The summed E-state index contributed by atoms with van der Waals surface area (Å²) in [6.45, 7) is -1.37. The monoisotopic (exact) mass is 424 g/mol. The number of nitrogens with one attached hydrogen (secondary N) is 2. The Morgan fingerprint density at radius 1 is 1.07 bits per heavy atom. The molecular formula is C15H19ClF6N2O3. The maximum Gasteiger partial charge on any atom is 0.422 e. The lowest BCUT2D eigenvalue weighted by molar-refractivity contribution is -0.154. The molecule has 1 aromatic rings. The molecule has 5 nitrogen and oxygen atoms in total. The first kappa shape index (κ1) is 25.1. The predicted octanol–water partition coefficient (Wildman–Crippen LogP) is 3.33. The van der Waals surface area contributed by atoms with E-state index in [1.165, 1.54) is 0 Å². The molecule has 12 heteroatoms. The number of carbonyl (C=O) groups is 1. The van der Waals surface area contributed by atoms with Crippen molar-refractivity contribution >= 4 is 18.3 Å². The Bertz CT molecular complexity index is 610. The van der Waals surface area contributed by atoms with Crippen LogP contribution >= 0.6 is 12.4 Å². The van der Waals surface area contributed by atoms with E-state index in [-0.39, 0.29) is 36.3 Å². The molecule has 0 saturated heterocycles. The van der Waals surface area contributed by atoms with Crippen molar-refractivity contribution in [2.45, 2.75) is 25.3 Å². The van der Waals surface area contributed by atoms with Crippen LogP contribution in [0.15, 0.2) is 18.2 Å². The third-order valence-corrected chi connectivity index (χ3v) is 3.05. The molecule has 1 rings (SSSR count). The van der Waals surface area contributed by atoms with E-state index < -0.39 is 37.2 Å². The zero-order valence-electron chi connectivity index (χ0n) is 14.3. The van der Waals surface area contributed by atoms with E-state index in [1.807, 2.05) is 0 Å². The third kappa shape index (κ3) is 10.1. The molecule has 156 valence electrons. The summed E-state index contributed by atoms with van der Waals surface area (Å²) in [6.07, 6.45) is -9.24. The van der Waals surface area contributed by atoms with Gasteiger partial charge in [0.25, 0.3) is 5.91 Å². The van der Waals surface area contributed by atoms with Crippen LogP contribution in [0.2, 0.25) is 0 Å². The number of carbonyl (C=O) groups excluding carboxylic acids is 1. The lowest BCUT2D eigenvalue weighted by atomic mass is 10.1. The summed E-state index contributed by atoms with van der Waals surface area (Å²) < 4.78 is 82.7. The first-order chi connectivity index (χ1) is 11.9. The lowest BCUT2D eigenvalue weighted by Crippen LogP contribution is -2.37. The molecule has 1 aromatic carbocycles. The number of rotatable bonds is 8. The number of likely N-dealkylation sites (N-methyl/N-ethyl adjacent to an activating group) is 1. The number of benzene rings is 1. The van der Waals surface area contributed by atoms with Crippen LogP contribution in [0, 0.1) is 0 Å². The minimum atomic E-state index is -4.64. The fourth-order valence-electron chi connectivity index (χ4n) is 1.67. The van der Waals surface area contributed by atoms with Crippen molar-refractivity contribution in [1.29, 1.82) is 0 Å². The first-order valence-corrected chi connectivity index (χ1v) is 7.40. The number of hydrogen-bond acceptors (Lipinski definition) is 4. The summed E-state index contributed by atoms with van der Waals surface area (Å²) >= 11 is 0. The van der Waals surface area contributed by atoms with Crippen molar-refractivity contribution in [3.63, 3.8) is 0 Å². The van der Waals surface area contributed by atoms with Gasteiger partial charge in [-0.15, -0.1) is 12.4 Å². The van der Waals surface area contributed by atoms with Gasteiger partial charge in [0.2, 0.25) is 0 Å². The number of amides is 1. The van der Waals surface area contributed by atoms with Crippen molar-refractivity contribution in [2.75, 3.05) is 26.8 Å². The highest BCUT2D eigenvalue weighted by molar-refractivity contribution is 5.97. The molecule has 0 saturated carbocycles. The highest BCUT2D eigenvalue weighted by Gasteiger charge is 2.30. The summed E-state index contributed by atoms with van der Waals surface area (Å²) in [5, 5.41) is 5.28. The van der Waals surface area contributed by atoms with Crippen LogP contribution in [0.25, 0.3) is 0 Å². The van der Waals surface area contributed by atoms with Gasteiger partial charge in [0.05, 0.1) is 5.56 Å². The smallest absolute Gasteiger partial charge is 0.422 e. The molecule has 1 atom stereocenters. The van der Waals surface area contributed by atoms with Crippen LogP contribution in [0.5, 0.6) is 11.5 Å². The Hall–Kier alpha value is -1.88. The summed E-state index contributed by atoms with van der Waals surface area (Å²) in [7, 11) is 1.64. The summed E-state index contributed by atoms with van der Waals surface area (Å²) in [5.74, 6) is -1.55. The van der Waals surface area contributed by atoms with Gasteiger partial charge >= 0.3 is 12.4 Å². The maximum absolute atomic E-state index is 12.3. The molecule has 0 spiro atoms. The van der Waals surface area contributed by atoms with E-state index in [1.54, 1.807) is 14.0 Å². The Morgan fingerprint density at radius 3 is 2.15 bits per heavy atom. The van der Waals surface area contributed by atoms with E-state index >= 15 is 0 Å². The van der Waals surface area contributed by atoms with Crippen LogP contribution in [-0.2, 0) is 0 Å². The number of alkyl halides is 6. The van der Waals surface area contributed by atoms with Crippen molar-refractivity contribution in [3.8, 4) is 11.5 Å². The van der Waals surface area contributed by atoms with E-state index in [0.717, 1.165) is 18.2 Å². The normalized spacial score (nSPS) is 12.7. The number of ether oxygens (including phenoxy) is 2. The average Bonchev–Trinajstić information content (AvgIpc) is 2.54. The molecule has 27 heavy (non-hydrogen) atoms. The summed E-state index contributed by atoms with van der Waals surface area (Å²) in [4.78, 5) is 12.2. The highest BCUT2D eigenvalue weighted by Crippen LogP contribution is 2.27. The zero-order chi connectivity index (χ0) is 20.0. The van der Waals surface area contributed by atoms with Gasteiger partial charge < -0.3 is 20.1 Å². The predicted molar refractivity (Wildman–Crippen MR) is 87.6 cm³/mol. The van der Waals surface area contributed by atoms with Crippen LogP contribution in [0.4, 0.5) is 26.3 Å². The van der Waals surface area contributed by atoms with Crippen LogP contribution in [0.1, 0.15) is 17.3 Å². The molecule has 0 aliphatic carbocycles. The Kier molecular flexibility index (Phi) is 9.73. The van der Waals surface area contributed by atoms with E-state index in [4.69, 9.17) is 0 Å². The fourth-order valence-corrected chi connectivity index (χ4v) is 1.67. The molecular weight excluding hydrogens is 406 g/mol. The molecule has 0 aliphatic heterocycles. The highest BCUT2D eigenvalue weighted by atomic mass is 35.5. The van der Waals surface area contributed by atoms with Gasteiger partial charge in [-0.25, -0.2) is 0 Å². The van der Waals surface area contributed by atoms with Crippen molar-refractivity contribution in [3.05, 3.63) is 23.8 Å². The van der Waals surface area contributed by atoms with E-state index in [2.05, 4.69) is 20.1 Å². The molecule has 0 aromatic heterocycles. The Balaban J connectivity index is 0.00000676. The van der Waals surface area contributed by atoms with Crippen LogP contribution in [0.3, 0.4) is 0 Å². The number of hydrogen-bond donors (Lipinski definition) is 2. The topological polar surface area (TPSA) is 59.6 Å². The number of halogens is 7. The van der Waals surface area contributed by atoms with Crippen LogP contribution in [-0.4, -0.2) is 51.1 Å². The SMILES string of the molecule is CNC(C)CNC(=O)c1cc(OCC(F)(F)F)ccc1OCC(F)(F)F.Cl. The van der Waals surface area contributed by atoms with Gasteiger partial charge in [0.15, 0.2) is 13.2 Å². The van der Waals surface area contributed by atoms with Gasteiger partial charge in [-0.3, -0.25) is 4.79 Å². The summed E-state index contributed by atoms with van der Waals surface area (Å²) in [5.41, 5.74) is -0.364. The molecule has 0 heterocycles. The fraction of sp³-hybridized carbons (Fsp3) is 0.533. The first-order valence-electron chi connectivity index (χ1n) is 7.40. The third-order valence-electron chi connectivity index (χ3n) is 3.05. The largest absolute Gasteiger partial charge is 0.484 e. The second kappa shape index (κ2) is 10.5. The molecule has 0 bridgehead atoms. The molecule has 1 amide bonds. The second-order valence-corrected chi connectivity index (χ2v) is 5.37. The van der Waals surface area contributed by atoms with Crippen molar-refractivity contribution in [1.82, 2.24) is 10.6 Å². The maximum atomic E-state index is 12.3. The van der Waals surface area contributed by atoms with Crippen LogP contribution < -0.4 is 20.1 Å². The summed E-state index contributed by atoms with van der Waals surface area (Å²) in [6, 6.07) is 2.71. The second-order valence-electron chi connectivity index (χ2n) is 5.37. The van der Waals surface area contributed by atoms with Gasteiger partial charge in [-0.1, -0.05) is 0 Å². The molecule has 1 unspecified atom stereocenters. The average molecular weight is 425 g/mol. The Morgan fingerprint density at radius 2 is 1.63 bits per heavy atom. The minimum absolute atomic E-state index is 0. The van der Waals surface area contributed by atoms with E-state index in [0.29, 0.717) is 0 Å². The molecule has 0 fully saturated rings. The van der Waals surface area contributed by atoms with Gasteiger partial charge in [0, 0.05) is 12.6 Å².